The van der Waals surface area contributed by atoms with Gasteiger partial charge in [0.25, 0.3) is 0 Å². The van der Waals surface area contributed by atoms with Gasteiger partial charge in [-0.1, -0.05) is 48.0 Å². The van der Waals surface area contributed by atoms with Crippen molar-refractivity contribution in [1.29, 1.82) is 0 Å². The smallest absolute Gasteiger partial charge is 0.141 e. The second-order valence-electron chi connectivity index (χ2n) is 4.26. The molecular weight excluding hydrogens is 249 g/mol. The van der Waals surface area contributed by atoms with Gasteiger partial charge in [-0.15, -0.1) is 0 Å². The van der Waals surface area contributed by atoms with Crippen molar-refractivity contribution in [1.82, 2.24) is 5.32 Å². The summed E-state index contributed by atoms with van der Waals surface area (Å²) in [6.45, 7) is 2.76. The predicted molar refractivity (Wildman–Crippen MR) is 73.1 cm³/mol. The number of halogens is 2. The highest BCUT2D eigenvalue weighted by atomic mass is 35.5. The van der Waals surface area contributed by atoms with Crippen LogP contribution in [0.3, 0.4) is 0 Å². The Morgan fingerprint density at radius 2 is 1.89 bits per heavy atom. The first-order chi connectivity index (χ1) is 8.66. The molecule has 0 heterocycles. The zero-order chi connectivity index (χ0) is 13.0. The zero-order valence-corrected chi connectivity index (χ0v) is 10.9. The molecule has 2 aromatic carbocycles. The molecule has 0 aliphatic rings. The molecule has 0 spiro atoms. The zero-order valence-electron chi connectivity index (χ0n) is 10.2. The maximum absolute atomic E-state index is 13.0. The number of rotatable bonds is 4. The fourth-order valence-electron chi connectivity index (χ4n) is 1.78. The molecule has 0 amide bonds. The first-order valence-corrected chi connectivity index (χ1v) is 6.27. The molecule has 2 rings (SSSR count). The highest BCUT2D eigenvalue weighted by Crippen LogP contribution is 2.17. The van der Waals surface area contributed by atoms with E-state index in [1.54, 1.807) is 12.1 Å². The fourth-order valence-corrected chi connectivity index (χ4v) is 1.98. The highest BCUT2D eigenvalue weighted by Gasteiger charge is 2.05. The Morgan fingerprint density at radius 3 is 2.56 bits per heavy atom. The quantitative estimate of drug-likeness (QED) is 0.866. The van der Waals surface area contributed by atoms with E-state index in [1.807, 2.05) is 18.2 Å². The van der Waals surface area contributed by atoms with E-state index in [0.717, 1.165) is 5.56 Å². The third kappa shape index (κ3) is 3.31. The van der Waals surface area contributed by atoms with E-state index in [-0.39, 0.29) is 16.9 Å². The molecule has 0 aromatic heterocycles. The van der Waals surface area contributed by atoms with Gasteiger partial charge in [0.1, 0.15) is 5.82 Å². The minimum atomic E-state index is -0.378. The van der Waals surface area contributed by atoms with Crippen LogP contribution in [0.5, 0.6) is 0 Å². The summed E-state index contributed by atoms with van der Waals surface area (Å²) in [5, 5.41) is 3.55. The third-order valence-electron chi connectivity index (χ3n) is 2.90. The van der Waals surface area contributed by atoms with Crippen LogP contribution in [0.15, 0.2) is 48.5 Å². The normalized spacial score (nSPS) is 12.4. The SMILES string of the molecule is C[C@@H](NCc1ccc(F)c(Cl)c1)c1ccccc1. The number of nitrogens with one attached hydrogen (secondary N) is 1. The lowest BCUT2D eigenvalue weighted by molar-refractivity contribution is 0.573. The van der Waals surface area contributed by atoms with Crippen LogP contribution in [0, 0.1) is 5.82 Å². The van der Waals surface area contributed by atoms with E-state index < -0.39 is 0 Å². The molecule has 1 atom stereocenters. The highest BCUT2D eigenvalue weighted by molar-refractivity contribution is 6.30. The Morgan fingerprint density at radius 1 is 1.17 bits per heavy atom. The van der Waals surface area contributed by atoms with Crippen LogP contribution >= 0.6 is 11.6 Å². The van der Waals surface area contributed by atoms with Crippen LogP contribution in [-0.4, -0.2) is 0 Å². The summed E-state index contributed by atoms with van der Waals surface area (Å²) in [5.41, 5.74) is 2.20. The van der Waals surface area contributed by atoms with Gasteiger partial charge in [-0.3, -0.25) is 0 Å². The van der Waals surface area contributed by atoms with Crippen molar-refractivity contribution in [3.63, 3.8) is 0 Å². The Labute approximate surface area is 112 Å². The lowest BCUT2D eigenvalue weighted by atomic mass is 10.1. The Kier molecular flexibility index (Phi) is 4.34. The largest absolute Gasteiger partial charge is 0.306 e. The van der Waals surface area contributed by atoms with Gasteiger partial charge in [0.05, 0.1) is 5.02 Å². The number of benzene rings is 2. The van der Waals surface area contributed by atoms with Crippen molar-refractivity contribution in [3.05, 3.63) is 70.5 Å². The molecule has 2 aromatic rings. The summed E-state index contributed by atoms with van der Waals surface area (Å²) < 4.78 is 13.0. The van der Waals surface area contributed by atoms with Gasteiger partial charge in [-0.2, -0.15) is 0 Å². The van der Waals surface area contributed by atoms with Gasteiger partial charge in [0, 0.05) is 12.6 Å². The Hall–Kier alpha value is -1.38. The molecule has 18 heavy (non-hydrogen) atoms. The summed E-state index contributed by atoms with van der Waals surface area (Å²) in [7, 11) is 0. The van der Waals surface area contributed by atoms with Crippen LogP contribution in [0.25, 0.3) is 0 Å². The van der Waals surface area contributed by atoms with Gasteiger partial charge in [-0.25, -0.2) is 4.39 Å². The van der Waals surface area contributed by atoms with Crippen LogP contribution in [-0.2, 0) is 6.54 Å². The predicted octanol–water partition coefficient (Wildman–Crippen LogP) is 4.33. The van der Waals surface area contributed by atoms with Crippen LogP contribution in [0.4, 0.5) is 4.39 Å². The van der Waals surface area contributed by atoms with E-state index in [2.05, 4.69) is 24.4 Å². The van der Waals surface area contributed by atoms with Crippen molar-refractivity contribution in [2.45, 2.75) is 19.5 Å². The molecule has 0 radical (unpaired) electrons. The third-order valence-corrected chi connectivity index (χ3v) is 3.19. The molecule has 0 bridgehead atoms. The van der Waals surface area contributed by atoms with Crippen LogP contribution < -0.4 is 5.32 Å². The molecule has 0 saturated heterocycles. The van der Waals surface area contributed by atoms with Crippen molar-refractivity contribution in [3.8, 4) is 0 Å². The van der Waals surface area contributed by atoms with Crippen molar-refractivity contribution >= 4 is 11.6 Å². The first kappa shape index (κ1) is 13.1. The second-order valence-corrected chi connectivity index (χ2v) is 4.67. The molecule has 0 unspecified atom stereocenters. The van der Waals surface area contributed by atoms with Crippen molar-refractivity contribution in [2.75, 3.05) is 0 Å². The summed E-state index contributed by atoms with van der Waals surface area (Å²) in [6.07, 6.45) is 0. The van der Waals surface area contributed by atoms with E-state index in [9.17, 15) is 4.39 Å². The summed E-state index contributed by atoms with van der Waals surface area (Å²) >= 11 is 5.74. The molecule has 0 saturated carbocycles. The summed E-state index contributed by atoms with van der Waals surface area (Å²) in [5.74, 6) is -0.378. The first-order valence-electron chi connectivity index (χ1n) is 5.89. The van der Waals surface area contributed by atoms with Crippen molar-refractivity contribution in [2.24, 2.45) is 0 Å². The molecule has 3 heteroatoms. The average molecular weight is 264 g/mol. The minimum Gasteiger partial charge on any atom is -0.306 e. The van der Waals surface area contributed by atoms with E-state index >= 15 is 0 Å². The molecule has 1 nitrogen and oxygen atoms in total. The van der Waals surface area contributed by atoms with Gasteiger partial charge in [0.2, 0.25) is 0 Å². The molecule has 94 valence electrons. The molecule has 0 aliphatic carbocycles. The monoisotopic (exact) mass is 263 g/mol. The fraction of sp³-hybridized carbons (Fsp3) is 0.200. The van der Waals surface area contributed by atoms with Gasteiger partial charge in [0.15, 0.2) is 0 Å². The van der Waals surface area contributed by atoms with Crippen molar-refractivity contribution < 1.29 is 4.39 Å². The van der Waals surface area contributed by atoms with Gasteiger partial charge in [-0.05, 0) is 30.2 Å². The van der Waals surface area contributed by atoms with Gasteiger partial charge < -0.3 is 5.32 Å². The summed E-state index contributed by atoms with van der Waals surface area (Å²) in [6, 6.07) is 15.2. The van der Waals surface area contributed by atoms with Crippen LogP contribution in [0.1, 0.15) is 24.1 Å². The van der Waals surface area contributed by atoms with E-state index in [0.29, 0.717) is 6.54 Å². The Balaban J connectivity index is 1.97. The number of hydrogen-bond donors (Lipinski definition) is 1. The molecule has 1 N–H and O–H groups in total. The molecular formula is C15H15ClFN. The molecule has 0 aliphatic heterocycles. The van der Waals surface area contributed by atoms with E-state index in [4.69, 9.17) is 11.6 Å². The standard InChI is InChI=1S/C15H15ClFN/c1-11(13-5-3-2-4-6-13)18-10-12-7-8-15(17)14(16)9-12/h2-9,11,18H,10H2,1H3/t11-/m1/s1. The lowest BCUT2D eigenvalue weighted by Gasteiger charge is -2.14. The van der Waals surface area contributed by atoms with E-state index in [1.165, 1.54) is 11.6 Å². The number of hydrogen-bond acceptors (Lipinski definition) is 1. The lowest BCUT2D eigenvalue weighted by Crippen LogP contribution is -2.17. The average Bonchev–Trinajstić information content (AvgIpc) is 2.41. The molecule has 0 fully saturated rings. The maximum atomic E-state index is 13.0. The minimum absolute atomic E-state index is 0.168. The maximum Gasteiger partial charge on any atom is 0.141 e. The Bertz CT molecular complexity index is 513. The van der Waals surface area contributed by atoms with Gasteiger partial charge >= 0.3 is 0 Å². The topological polar surface area (TPSA) is 12.0 Å². The summed E-state index contributed by atoms with van der Waals surface area (Å²) in [4.78, 5) is 0. The second kappa shape index (κ2) is 5.98. The van der Waals surface area contributed by atoms with Crippen LogP contribution in [0.2, 0.25) is 5.02 Å².